The van der Waals surface area contributed by atoms with E-state index in [1.165, 1.54) is 0 Å². The molecule has 0 aromatic carbocycles. The maximum atomic E-state index is 10.2. The second kappa shape index (κ2) is 3.42. The first kappa shape index (κ1) is 8.83. The topological polar surface area (TPSA) is 99.2 Å². The van der Waals surface area contributed by atoms with Crippen molar-refractivity contribution in [1.29, 1.82) is 5.41 Å². The lowest BCUT2D eigenvalue weighted by atomic mass is 9.78. The Morgan fingerprint density at radius 3 is 2.67 bits per heavy atom. The molecule has 0 amide bonds. The van der Waals surface area contributed by atoms with Gasteiger partial charge in [-0.25, -0.2) is 0 Å². The summed E-state index contributed by atoms with van der Waals surface area (Å²) in [4.78, 5) is 10.2. The third-order valence-corrected chi connectivity index (χ3v) is 2.06. The van der Waals surface area contributed by atoms with Gasteiger partial charge in [0, 0.05) is 12.5 Å². The average molecular weight is 171 g/mol. The minimum absolute atomic E-state index is 0.0335. The van der Waals surface area contributed by atoms with Crippen LogP contribution in [0, 0.1) is 11.3 Å². The van der Waals surface area contributed by atoms with E-state index in [1.54, 1.807) is 0 Å². The van der Waals surface area contributed by atoms with Gasteiger partial charge >= 0.3 is 5.97 Å². The summed E-state index contributed by atoms with van der Waals surface area (Å²) in [5, 5.41) is 18.1. The Kier molecular flexibility index (Phi) is 2.52. The number of carboxylic acids is 1. The molecule has 0 aromatic rings. The lowest BCUT2D eigenvalue weighted by molar-refractivity contribution is -0.138. The number of aliphatic carboxylic acids is 1. The number of nitrogens with two attached hydrogens (primary N) is 1. The van der Waals surface area contributed by atoms with Gasteiger partial charge in [0.1, 0.15) is 0 Å². The average Bonchev–Trinajstić information content (AvgIpc) is 1.80. The smallest absolute Gasteiger partial charge is 0.303 e. The molecular formula is C7H13N3O2. The van der Waals surface area contributed by atoms with Crippen LogP contribution in [0.4, 0.5) is 0 Å². The van der Waals surface area contributed by atoms with Crippen LogP contribution >= 0.6 is 0 Å². The maximum absolute atomic E-state index is 10.2. The first-order valence-corrected chi connectivity index (χ1v) is 3.90. The van der Waals surface area contributed by atoms with Gasteiger partial charge in [0.15, 0.2) is 5.96 Å². The van der Waals surface area contributed by atoms with E-state index in [1.807, 2.05) is 0 Å². The summed E-state index contributed by atoms with van der Waals surface area (Å²) in [6.45, 7) is 0. The second-order valence-electron chi connectivity index (χ2n) is 3.19. The van der Waals surface area contributed by atoms with Gasteiger partial charge in [-0.1, -0.05) is 0 Å². The van der Waals surface area contributed by atoms with Crippen LogP contribution in [-0.2, 0) is 4.79 Å². The van der Waals surface area contributed by atoms with Crippen LogP contribution in [0.2, 0.25) is 0 Å². The molecule has 1 saturated carbocycles. The quantitative estimate of drug-likeness (QED) is 0.346. The highest BCUT2D eigenvalue weighted by atomic mass is 16.4. The van der Waals surface area contributed by atoms with Crippen LogP contribution in [0.25, 0.3) is 0 Å². The molecule has 0 saturated heterocycles. The molecule has 5 N–H and O–H groups in total. The largest absolute Gasteiger partial charge is 0.481 e. The highest BCUT2D eigenvalue weighted by molar-refractivity contribution is 5.74. The minimum Gasteiger partial charge on any atom is -0.481 e. The highest BCUT2D eigenvalue weighted by Crippen LogP contribution is 2.29. The van der Waals surface area contributed by atoms with E-state index in [9.17, 15) is 4.79 Å². The van der Waals surface area contributed by atoms with E-state index in [-0.39, 0.29) is 24.3 Å². The van der Waals surface area contributed by atoms with Crippen LogP contribution < -0.4 is 11.1 Å². The number of carbonyl (C=O) groups is 1. The van der Waals surface area contributed by atoms with Gasteiger partial charge in [0.05, 0.1) is 0 Å². The molecule has 5 heteroatoms. The Hall–Kier alpha value is -1.26. The van der Waals surface area contributed by atoms with Crippen molar-refractivity contribution in [3.8, 4) is 0 Å². The van der Waals surface area contributed by atoms with Crippen molar-refractivity contribution in [3.63, 3.8) is 0 Å². The number of rotatable bonds is 3. The minimum atomic E-state index is -0.749. The number of carboxylic acid groups (broad SMARTS) is 1. The Morgan fingerprint density at radius 1 is 1.67 bits per heavy atom. The predicted molar refractivity (Wildman–Crippen MR) is 43.8 cm³/mol. The third kappa shape index (κ3) is 2.41. The summed E-state index contributed by atoms with van der Waals surface area (Å²) in [5.41, 5.74) is 5.11. The molecular weight excluding hydrogens is 158 g/mol. The van der Waals surface area contributed by atoms with Gasteiger partial charge in [0.25, 0.3) is 0 Å². The Bertz CT molecular complexity index is 179. The molecule has 0 spiro atoms. The number of nitrogens with one attached hydrogen (secondary N) is 2. The van der Waals surface area contributed by atoms with Crippen LogP contribution in [0.15, 0.2) is 0 Å². The normalized spacial score (nSPS) is 27.3. The molecule has 1 fully saturated rings. The van der Waals surface area contributed by atoms with Gasteiger partial charge in [0.2, 0.25) is 0 Å². The lowest BCUT2D eigenvalue weighted by Crippen LogP contribution is -2.47. The summed E-state index contributed by atoms with van der Waals surface area (Å²) in [6, 6.07) is 0.215. The molecule has 0 aromatic heterocycles. The summed E-state index contributed by atoms with van der Waals surface area (Å²) in [7, 11) is 0. The fourth-order valence-corrected chi connectivity index (χ4v) is 1.49. The summed E-state index contributed by atoms with van der Waals surface area (Å²) in [6.07, 6.45) is 1.86. The first-order valence-electron chi connectivity index (χ1n) is 3.90. The fraction of sp³-hybridized carbons (Fsp3) is 0.714. The van der Waals surface area contributed by atoms with Crippen molar-refractivity contribution >= 4 is 11.9 Å². The molecule has 12 heavy (non-hydrogen) atoms. The molecule has 0 heterocycles. The van der Waals surface area contributed by atoms with Gasteiger partial charge in [-0.3, -0.25) is 10.2 Å². The van der Waals surface area contributed by atoms with E-state index in [4.69, 9.17) is 16.2 Å². The molecule has 0 bridgehead atoms. The molecule has 0 aliphatic heterocycles. The van der Waals surface area contributed by atoms with E-state index in [0.29, 0.717) is 0 Å². The number of hydrogen-bond acceptors (Lipinski definition) is 2. The van der Waals surface area contributed by atoms with Crippen molar-refractivity contribution in [1.82, 2.24) is 5.32 Å². The zero-order chi connectivity index (χ0) is 9.14. The predicted octanol–water partition coefficient (Wildman–Crippen LogP) is -0.277. The second-order valence-corrected chi connectivity index (χ2v) is 3.19. The zero-order valence-electron chi connectivity index (χ0n) is 6.71. The van der Waals surface area contributed by atoms with E-state index >= 15 is 0 Å². The highest BCUT2D eigenvalue weighted by Gasteiger charge is 2.30. The van der Waals surface area contributed by atoms with Crippen LogP contribution in [-0.4, -0.2) is 23.1 Å². The van der Waals surface area contributed by atoms with Gasteiger partial charge in [-0.2, -0.15) is 0 Å². The van der Waals surface area contributed by atoms with Crippen molar-refractivity contribution in [2.75, 3.05) is 0 Å². The SMILES string of the molecule is N=C(N)N[C@H]1C[C@H](CC(=O)O)C1. The van der Waals surface area contributed by atoms with Gasteiger partial charge in [-0.15, -0.1) is 0 Å². The molecule has 1 rings (SSSR count). The fourth-order valence-electron chi connectivity index (χ4n) is 1.49. The van der Waals surface area contributed by atoms with Crippen molar-refractivity contribution in [3.05, 3.63) is 0 Å². The summed E-state index contributed by atoms with van der Waals surface area (Å²) >= 11 is 0. The van der Waals surface area contributed by atoms with E-state index < -0.39 is 5.97 Å². The van der Waals surface area contributed by atoms with Crippen LogP contribution in [0.5, 0.6) is 0 Å². The monoisotopic (exact) mass is 171 g/mol. The molecule has 5 nitrogen and oxygen atoms in total. The lowest BCUT2D eigenvalue weighted by Gasteiger charge is -2.34. The molecule has 0 unspecified atom stereocenters. The van der Waals surface area contributed by atoms with Crippen molar-refractivity contribution < 1.29 is 9.90 Å². The maximum Gasteiger partial charge on any atom is 0.303 e. The van der Waals surface area contributed by atoms with Crippen LogP contribution in [0.3, 0.4) is 0 Å². The van der Waals surface area contributed by atoms with Crippen LogP contribution in [0.1, 0.15) is 19.3 Å². The van der Waals surface area contributed by atoms with E-state index in [0.717, 1.165) is 12.8 Å². The van der Waals surface area contributed by atoms with E-state index in [2.05, 4.69) is 5.32 Å². The molecule has 1 aliphatic carbocycles. The zero-order valence-corrected chi connectivity index (χ0v) is 6.71. The molecule has 68 valence electrons. The van der Waals surface area contributed by atoms with Crippen molar-refractivity contribution in [2.24, 2.45) is 11.7 Å². The van der Waals surface area contributed by atoms with Crippen molar-refractivity contribution in [2.45, 2.75) is 25.3 Å². The van der Waals surface area contributed by atoms with Gasteiger partial charge in [-0.05, 0) is 18.8 Å². The standard InChI is InChI=1S/C7H13N3O2/c8-7(9)10-5-1-4(2-5)3-6(11)12/h4-5H,1-3H2,(H,11,12)(H4,8,9,10)/t4-,5-. The molecule has 1 aliphatic rings. The summed E-state index contributed by atoms with van der Waals surface area (Å²) < 4.78 is 0. The first-order chi connectivity index (χ1) is 5.58. The Balaban J connectivity index is 2.11. The Morgan fingerprint density at radius 2 is 2.25 bits per heavy atom. The summed E-state index contributed by atoms with van der Waals surface area (Å²) in [5.74, 6) is -0.519. The number of guanidine groups is 1. The molecule has 0 radical (unpaired) electrons. The Labute approximate surface area is 70.5 Å². The molecule has 0 atom stereocenters. The van der Waals surface area contributed by atoms with Gasteiger partial charge < -0.3 is 16.2 Å². The third-order valence-electron chi connectivity index (χ3n) is 2.06. The number of hydrogen-bond donors (Lipinski definition) is 4.